The minimum absolute atomic E-state index is 0.226. The highest BCUT2D eigenvalue weighted by atomic mass is 127. The Balaban J connectivity index is 2.98. The summed E-state index contributed by atoms with van der Waals surface area (Å²) in [6, 6.07) is 6.12. The first-order valence-electron chi connectivity index (χ1n) is 4.08. The van der Waals surface area contributed by atoms with Crippen LogP contribution in [0.3, 0.4) is 0 Å². The number of carbonyl (C=O) groups is 1. The van der Waals surface area contributed by atoms with Gasteiger partial charge in [-0.05, 0) is 46.5 Å². The fourth-order valence-electron chi connectivity index (χ4n) is 1.15. The Morgan fingerprint density at radius 2 is 2.29 bits per heavy atom. The first-order valence-corrected chi connectivity index (χ1v) is 7.50. The molecule has 0 spiro atoms. The van der Waals surface area contributed by atoms with Crippen molar-refractivity contribution in [2.75, 3.05) is 11.6 Å². The fourth-order valence-corrected chi connectivity index (χ4v) is 2.86. The van der Waals surface area contributed by atoms with Gasteiger partial charge in [0.1, 0.15) is 5.78 Å². The summed E-state index contributed by atoms with van der Waals surface area (Å²) >= 11 is 7.15. The van der Waals surface area contributed by atoms with Crippen LogP contribution in [0.4, 0.5) is 0 Å². The largest absolute Gasteiger partial charge is 0.298 e. The quantitative estimate of drug-likeness (QED) is 0.449. The molecular formula is C10H10BrIOS. The summed E-state index contributed by atoms with van der Waals surface area (Å²) in [5.74, 6) is 0.226. The number of carbonyl (C=O) groups excluding carboxylic acids is 1. The van der Waals surface area contributed by atoms with Crippen molar-refractivity contribution in [3.05, 3.63) is 27.3 Å². The summed E-state index contributed by atoms with van der Waals surface area (Å²) < 4.78 is 1.17. The van der Waals surface area contributed by atoms with Crippen LogP contribution in [0, 0.1) is 3.57 Å². The second-order valence-corrected chi connectivity index (χ2v) is 5.34. The van der Waals surface area contributed by atoms with Gasteiger partial charge in [0.15, 0.2) is 0 Å². The molecule has 0 N–H and O–H groups in total. The SMILES string of the molecule is CSc1cccc(I)c1CC(=O)CBr. The zero-order valence-electron chi connectivity index (χ0n) is 7.72. The highest BCUT2D eigenvalue weighted by Gasteiger charge is 2.09. The fraction of sp³-hybridized carbons (Fsp3) is 0.300. The molecule has 14 heavy (non-hydrogen) atoms. The minimum Gasteiger partial charge on any atom is -0.298 e. The van der Waals surface area contributed by atoms with Crippen LogP contribution in [0.1, 0.15) is 5.56 Å². The molecule has 0 radical (unpaired) electrons. The molecule has 0 saturated heterocycles. The normalized spacial score (nSPS) is 10.2. The third kappa shape index (κ3) is 3.24. The lowest BCUT2D eigenvalue weighted by molar-refractivity contribution is -0.115. The van der Waals surface area contributed by atoms with Crippen LogP contribution < -0.4 is 0 Å². The van der Waals surface area contributed by atoms with Crippen LogP contribution in [0.25, 0.3) is 0 Å². The van der Waals surface area contributed by atoms with Crippen LogP contribution in [-0.4, -0.2) is 17.4 Å². The maximum Gasteiger partial charge on any atom is 0.147 e. The molecule has 1 nitrogen and oxygen atoms in total. The van der Waals surface area contributed by atoms with E-state index >= 15 is 0 Å². The Hall–Kier alpha value is 0.450. The van der Waals surface area contributed by atoms with Crippen LogP contribution in [-0.2, 0) is 11.2 Å². The van der Waals surface area contributed by atoms with Crippen molar-refractivity contribution < 1.29 is 4.79 Å². The molecule has 76 valence electrons. The summed E-state index contributed by atoms with van der Waals surface area (Å²) in [5, 5.41) is 0.436. The number of alkyl halides is 1. The van der Waals surface area contributed by atoms with Crippen LogP contribution in [0.5, 0.6) is 0 Å². The second kappa shape index (κ2) is 6.12. The topological polar surface area (TPSA) is 17.1 Å². The number of Topliss-reactive ketones (excluding diaryl/α,β-unsaturated/α-hetero) is 1. The van der Waals surface area contributed by atoms with Crippen molar-refractivity contribution in [3.63, 3.8) is 0 Å². The van der Waals surface area contributed by atoms with Crippen molar-refractivity contribution in [2.24, 2.45) is 0 Å². The first kappa shape index (κ1) is 12.5. The molecule has 0 bridgehead atoms. The second-order valence-electron chi connectivity index (χ2n) is 2.77. The van der Waals surface area contributed by atoms with Crippen LogP contribution in [0.15, 0.2) is 23.1 Å². The highest BCUT2D eigenvalue weighted by Crippen LogP contribution is 2.25. The summed E-state index contributed by atoms with van der Waals surface area (Å²) in [6.45, 7) is 0. The van der Waals surface area contributed by atoms with E-state index < -0.39 is 0 Å². The van der Waals surface area contributed by atoms with Crippen molar-refractivity contribution >= 4 is 56.1 Å². The van der Waals surface area contributed by atoms with E-state index in [0.29, 0.717) is 11.8 Å². The van der Waals surface area contributed by atoms with E-state index in [2.05, 4.69) is 44.6 Å². The molecule has 1 aromatic rings. The number of halogens is 2. The predicted octanol–water partition coefficient (Wildman–Crippen LogP) is 3.52. The number of ketones is 1. The Kier molecular flexibility index (Phi) is 5.48. The molecule has 0 atom stereocenters. The van der Waals surface area contributed by atoms with Crippen molar-refractivity contribution in [1.29, 1.82) is 0 Å². The average Bonchev–Trinajstić information content (AvgIpc) is 2.20. The number of thioether (sulfide) groups is 1. The van der Waals surface area contributed by atoms with Gasteiger partial charge in [0.25, 0.3) is 0 Å². The molecule has 0 heterocycles. The van der Waals surface area contributed by atoms with Gasteiger partial charge in [0, 0.05) is 14.9 Å². The lowest BCUT2D eigenvalue weighted by Crippen LogP contribution is -2.06. The van der Waals surface area contributed by atoms with Crippen molar-refractivity contribution in [2.45, 2.75) is 11.3 Å². The standard InChI is InChI=1S/C10H10BrIOS/c1-14-10-4-2-3-9(12)8(10)5-7(13)6-11/h2-4H,5-6H2,1H3. The number of hydrogen-bond donors (Lipinski definition) is 0. The van der Waals surface area contributed by atoms with E-state index in [4.69, 9.17) is 0 Å². The lowest BCUT2D eigenvalue weighted by atomic mass is 10.1. The van der Waals surface area contributed by atoms with Crippen molar-refractivity contribution in [3.8, 4) is 0 Å². The summed E-state index contributed by atoms with van der Waals surface area (Å²) in [5.41, 5.74) is 1.16. The van der Waals surface area contributed by atoms with E-state index in [9.17, 15) is 4.79 Å². The predicted molar refractivity (Wildman–Crippen MR) is 73.4 cm³/mol. The van der Waals surface area contributed by atoms with Gasteiger partial charge >= 0.3 is 0 Å². The number of benzene rings is 1. The van der Waals surface area contributed by atoms with Gasteiger partial charge in [-0.25, -0.2) is 0 Å². The van der Waals surface area contributed by atoms with Gasteiger partial charge < -0.3 is 0 Å². The van der Waals surface area contributed by atoms with Crippen LogP contribution >= 0.6 is 50.3 Å². The van der Waals surface area contributed by atoms with E-state index in [1.165, 1.54) is 8.47 Å². The third-order valence-electron chi connectivity index (χ3n) is 1.82. The summed E-state index contributed by atoms with van der Waals surface area (Å²) in [6.07, 6.45) is 2.56. The molecule has 0 fully saturated rings. The zero-order chi connectivity index (χ0) is 10.6. The van der Waals surface area contributed by atoms with Gasteiger partial charge in [-0.2, -0.15) is 0 Å². The number of hydrogen-bond acceptors (Lipinski definition) is 2. The molecule has 0 aliphatic carbocycles. The van der Waals surface area contributed by atoms with Gasteiger partial charge in [-0.15, -0.1) is 11.8 Å². The summed E-state index contributed by atoms with van der Waals surface area (Å²) in [4.78, 5) is 12.5. The third-order valence-corrected chi connectivity index (χ3v) is 4.28. The molecule has 0 aromatic heterocycles. The average molecular weight is 385 g/mol. The molecule has 1 rings (SSSR count). The van der Waals surface area contributed by atoms with E-state index in [0.717, 1.165) is 5.56 Å². The molecule has 0 aliphatic rings. The van der Waals surface area contributed by atoms with Gasteiger partial charge in [0.2, 0.25) is 0 Å². The van der Waals surface area contributed by atoms with Crippen LogP contribution in [0.2, 0.25) is 0 Å². The van der Waals surface area contributed by atoms with Crippen molar-refractivity contribution in [1.82, 2.24) is 0 Å². The number of rotatable bonds is 4. The summed E-state index contributed by atoms with van der Waals surface area (Å²) in [7, 11) is 0. The monoisotopic (exact) mass is 384 g/mol. The molecule has 1 aromatic carbocycles. The molecule has 0 amide bonds. The smallest absolute Gasteiger partial charge is 0.147 e. The molecule has 0 aliphatic heterocycles. The Morgan fingerprint density at radius 3 is 2.86 bits per heavy atom. The van der Waals surface area contributed by atoms with Gasteiger partial charge in [-0.1, -0.05) is 22.0 Å². The van der Waals surface area contributed by atoms with Gasteiger partial charge in [0.05, 0.1) is 5.33 Å². The molecular weight excluding hydrogens is 375 g/mol. The molecule has 0 unspecified atom stereocenters. The Bertz CT molecular complexity index is 341. The highest BCUT2D eigenvalue weighted by molar-refractivity contribution is 14.1. The lowest BCUT2D eigenvalue weighted by Gasteiger charge is -2.07. The Morgan fingerprint density at radius 1 is 1.57 bits per heavy atom. The first-order chi connectivity index (χ1) is 6.69. The maximum atomic E-state index is 11.3. The zero-order valence-corrected chi connectivity index (χ0v) is 12.3. The van der Waals surface area contributed by atoms with E-state index in [1.807, 2.05) is 18.4 Å². The van der Waals surface area contributed by atoms with E-state index in [1.54, 1.807) is 11.8 Å². The molecule has 4 heteroatoms. The maximum absolute atomic E-state index is 11.3. The minimum atomic E-state index is 0.226. The van der Waals surface area contributed by atoms with E-state index in [-0.39, 0.29) is 5.78 Å². The molecule has 0 saturated carbocycles. The van der Waals surface area contributed by atoms with Gasteiger partial charge in [-0.3, -0.25) is 4.79 Å². The Labute approximate surface area is 110 Å².